The Morgan fingerprint density at radius 2 is 1.70 bits per heavy atom. The SMILES string of the molecule is CCOC(=O)C1=C(c2ccccc2)N=c2s/c(=C\c3cc(C)n(-c4ccc(Br)cc4)c3C)c(=O)n2[C@H]1c1ccc(OC)c(OC)c1. The van der Waals surface area contributed by atoms with Gasteiger partial charge in [-0.1, -0.05) is 63.7 Å². The Bertz CT molecular complexity index is 2160. The lowest BCUT2D eigenvalue weighted by Gasteiger charge is -2.26. The molecule has 3 aromatic carbocycles. The van der Waals surface area contributed by atoms with E-state index in [1.807, 2.05) is 80.6 Å². The van der Waals surface area contributed by atoms with E-state index in [1.165, 1.54) is 11.3 Å². The van der Waals surface area contributed by atoms with Crippen molar-refractivity contribution < 1.29 is 19.0 Å². The molecule has 10 heteroatoms. The molecule has 0 N–H and O–H groups in total. The Hall–Kier alpha value is -4.67. The van der Waals surface area contributed by atoms with Gasteiger partial charge in [-0.15, -0.1) is 0 Å². The number of esters is 1. The normalized spacial score (nSPS) is 14.6. The maximum absolute atomic E-state index is 14.4. The van der Waals surface area contributed by atoms with Crippen LogP contribution in [-0.2, 0) is 9.53 Å². The fourth-order valence-corrected chi connectivity index (χ4v) is 7.10. The summed E-state index contributed by atoms with van der Waals surface area (Å²) in [6, 6.07) is 24.2. The van der Waals surface area contributed by atoms with Crippen LogP contribution in [0, 0.1) is 13.8 Å². The van der Waals surface area contributed by atoms with E-state index in [4.69, 9.17) is 19.2 Å². The molecular weight excluding hydrogens is 666 g/mol. The molecule has 1 aliphatic rings. The van der Waals surface area contributed by atoms with Gasteiger partial charge in [0.15, 0.2) is 16.3 Å². The Morgan fingerprint density at radius 3 is 2.37 bits per heavy atom. The first-order valence-electron chi connectivity index (χ1n) is 14.7. The molecule has 0 radical (unpaired) electrons. The number of nitrogens with zero attached hydrogens (tertiary/aromatic N) is 3. The maximum Gasteiger partial charge on any atom is 0.338 e. The number of hydrogen-bond acceptors (Lipinski definition) is 7. The van der Waals surface area contributed by atoms with E-state index in [-0.39, 0.29) is 17.7 Å². The monoisotopic (exact) mass is 697 g/mol. The average molecular weight is 699 g/mol. The van der Waals surface area contributed by atoms with Crippen molar-refractivity contribution in [2.45, 2.75) is 26.8 Å². The number of halogens is 1. The smallest absolute Gasteiger partial charge is 0.338 e. The Labute approximate surface area is 278 Å². The van der Waals surface area contributed by atoms with E-state index >= 15 is 0 Å². The molecule has 6 rings (SSSR count). The lowest BCUT2D eigenvalue weighted by Crippen LogP contribution is -2.40. The number of aromatic nitrogens is 2. The summed E-state index contributed by atoms with van der Waals surface area (Å²) in [5.74, 6) is 0.464. The largest absolute Gasteiger partial charge is 0.493 e. The van der Waals surface area contributed by atoms with Gasteiger partial charge in [-0.25, -0.2) is 9.79 Å². The molecule has 3 heterocycles. The number of fused-ring (bicyclic) bond motifs is 1. The third-order valence-electron chi connectivity index (χ3n) is 7.94. The van der Waals surface area contributed by atoms with E-state index in [0.717, 1.165) is 32.7 Å². The third-order valence-corrected chi connectivity index (χ3v) is 9.45. The highest BCUT2D eigenvalue weighted by atomic mass is 79.9. The van der Waals surface area contributed by atoms with Crippen LogP contribution < -0.4 is 24.4 Å². The Morgan fingerprint density at radius 1 is 0.978 bits per heavy atom. The molecule has 2 aromatic heterocycles. The first-order chi connectivity index (χ1) is 22.2. The first-order valence-corrected chi connectivity index (χ1v) is 16.3. The van der Waals surface area contributed by atoms with Crippen LogP contribution >= 0.6 is 27.3 Å². The summed E-state index contributed by atoms with van der Waals surface area (Å²) in [5.41, 5.74) is 5.85. The van der Waals surface area contributed by atoms with Crippen molar-refractivity contribution in [2.75, 3.05) is 20.8 Å². The molecule has 1 aliphatic heterocycles. The number of rotatable bonds is 8. The van der Waals surface area contributed by atoms with Gasteiger partial charge >= 0.3 is 5.97 Å². The van der Waals surface area contributed by atoms with E-state index < -0.39 is 12.0 Å². The number of methoxy groups -OCH3 is 2. The minimum Gasteiger partial charge on any atom is -0.493 e. The van der Waals surface area contributed by atoms with Crippen LogP contribution in [0.15, 0.2) is 98.7 Å². The van der Waals surface area contributed by atoms with Crippen LogP contribution in [0.2, 0.25) is 0 Å². The minimum atomic E-state index is -0.831. The maximum atomic E-state index is 14.4. The minimum absolute atomic E-state index is 0.168. The second-order valence-electron chi connectivity index (χ2n) is 10.7. The van der Waals surface area contributed by atoms with Gasteiger partial charge in [-0.05, 0) is 80.4 Å². The van der Waals surface area contributed by atoms with Gasteiger partial charge in [-0.2, -0.15) is 0 Å². The van der Waals surface area contributed by atoms with Crippen LogP contribution in [0.25, 0.3) is 17.5 Å². The van der Waals surface area contributed by atoms with Crippen LogP contribution in [0.1, 0.15) is 41.0 Å². The number of thiazole rings is 1. The number of carbonyl (C=O) groups excluding carboxylic acids is 1. The number of ether oxygens (including phenoxy) is 3. The number of carbonyl (C=O) groups is 1. The lowest BCUT2D eigenvalue weighted by molar-refractivity contribution is -0.138. The first kappa shape index (κ1) is 31.3. The molecule has 0 fully saturated rings. The molecule has 0 saturated heterocycles. The Balaban J connectivity index is 1.61. The predicted octanol–water partition coefficient (Wildman–Crippen LogP) is 6.12. The van der Waals surface area contributed by atoms with Crippen molar-refractivity contribution in [2.24, 2.45) is 4.99 Å². The van der Waals surface area contributed by atoms with E-state index in [0.29, 0.717) is 32.1 Å². The molecule has 46 heavy (non-hydrogen) atoms. The van der Waals surface area contributed by atoms with Crippen molar-refractivity contribution in [3.05, 3.63) is 137 Å². The van der Waals surface area contributed by atoms with Crippen molar-refractivity contribution in [3.63, 3.8) is 0 Å². The quantitative estimate of drug-likeness (QED) is 0.183. The molecule has 1 atom stereocenters. The molecule has 0 saturated carbocycles. The zero-order valence-corrected chi connectivity index (χ0v) is 28.4. The van der Waals surface area contributed by atoms with Gasteiger partial charge in [0.05, 0.1) is 42.7 Å². The lowest BCUT2D eigenvalue weighted by atomic mass is 9.93. The van der Waals surface area contributed by atoms with Gasteiger partial charge in [0.1, 0.15) is 0 Å². The molecule has 0 spiro atoms. The van der Waals surface area contributed by atoms with E-state index in [9.17, 15) is 9.59 Å². The van der Waals surface area contributed by atoms with Crippen LogP contribution in [-0.4, -0.2) is 35.9 Å². The number of aryl methyl sites for hydroxylation is 1. The van der Waals surface area contributed by atoms with Crippen LogP contribution in [0.4, 0.5) is 0 Å². The fourth-order valence-electron chi connectivity index (χ4n) is 5.84. The zero-order valence-electron chi connectivity index (χ0n) is 26.0. The van der Waals surface area contributed by atoms with Crippen LogP contribution in [0.3, 0.4) is 0 Å². The second-order valence-corrected chi connectivity index (χ2v) is 12.6. The van der Waals surface area contributed by atoms with E-state index in [2.05, 4.69) is 26.6 Å². The van der Waals surface area contributed by atoms with Gasteiger partial charge in [0.2, 0.25) is 0 Å². The number of benzene rings is 3. The standard InChI is InChI=1S/C36H32BrN3O5S/c1-6-45-35(42)31-32(23-10-8-7-9-11-23)38-36-40(33(31)24-12-17-28(43-4)29(19-24)44-5)34(41)30(46-36)20-25-18-21(2)39(22(25)3)27-15-13-26(37)14-16-27/h7-20,33H,6H2,1-5H3/b30-20-/t33-/m0/s1. The van der Waals surface area contributed by atoms with Gasteiger partial charge in [-0.3, -0.25) is 9.36 Å². The average Bonchev–Trinajstić information content (AvgIpc) is 3.53. The zero-order chi connectivity index (χ0) is 32.5. The van der Waals surface area contributed by atoms with Crippen molar-refractivity contribution in [1.82, 2.24) is 9.13 Å². The molecule has 0 unspecified atom stereocenters. The van der Waals surface area contributed by atoms with Crippen molar-refractivity contribution >= 4 is 45.0 Å². The summed E-state index contributed by atoms with van der Waals surface area (Å²) in [6.45, 7) is 6.01. The summed E-state index contributed by atoms with van der Waals surface area (Å²) in [5, 5.41) is 0. The topological polar surface area (TPSA) is 84.1 Å². The van der Waals surface area contributed by atoms with Gasteiger partial charge in [0, 0.05) is 27.1 Å². The molecule has 0 bridgehead atoms. The summed E-state index contributed by atoms with van der Waals surface area (Å²) in [6.07, 6.45) is 1.91. The highest BCUT2D eigenvalue weighted by Gasteiger charge is 2.35. The molecule has 234 valence electrons. The molecule has 0 amide bonds. The predicted molar refractivity (Wildman–Crippen MR) is 184 cm³/mol. The summed E-state index contributed by atoms with van der Waals surface area (Å²) in [7, 11) is 3.11. The molecule has 0 aliphatic carbocycles. The second kappa shape index (κ2) is 13.0. The van der Waals surface area contributed by atoms with Gasteiger partial charge in [0.25, 0.3) is 5.56 Å². The summed E-state index contributed by atoms with van der Waals surface area (Å²) in [4.78, 5) is 33.6. The number of hydrogen-bond donors (Lipinski definition) is 0. The van der Waals surface area contributed by atoms with Crippen molar-refractivity contribution in [1.29, 1.82) is 0 Å². The molecule has 5 aromatic rings. The summed E-state index contributed by atoms with van der Waals surface area (Å²) < 4.78 is 21.9. The molecular formula is C36H32BrN3O5S. The van der Waals surface area contributed by atoms with E-state index in [1.54, 1.807) is 37.8 Å². The Kier molecular flexibility index (Phi) is 8.84. The highest BCUT2D eigenvalue weighted by Crippen LogP contribution is 2.38. The van der Waals surface area contributed by atoms with Gasteiger partial charge < -0.3 is 18.8 Å². The summed E-state index contributed by atoms with van der Waals surface area (Å²) >= 11 is 4.80. The third kappa shape index (κ3) is 5.63. The highest BCUT2D eigenvalue weighted by molar-refractivity contribution is 9.10. The van der Waals surface area contributed by atoms with Crippen LogP contribution in [0.5, 0.6) is 11.5 Å². The molecule has 8 nitrogen and oxygen atoms in total. The van der Waals surface area contributed by atoms with Crippen molar-refractivity contribution in [3.8, 4) is 17.2 Å². The fraction of sp³-hybridized carbons (Fsp3) is 0.194.